The fraction of sp³-hybridized carbons (Fsp3) is 0.643. The number of aliphatic hydroxyl groups is 1. The number of rotatable bonds is 9. The van der Waals surface area contributed by atoms with Gasteiger partial charge in [0.15, 0.2) is 5.37 Å². The van der Waals surface area contributed by atoms with Crippen LogP contribution in [0.5, 0.6) is 0 Å². The minimum absolute atomic E-state index is 0.0789. The number of carboxylic acid groups (broad SMARTS) is 1. The van der Waals surface area contributed by atoms with Crippen molar-refractivity contribution in [1.82, 2.24) is 25.5 Å². The van der Waals surface area contributed by atoms with Gasteiger partial charge in [0.25, 0.3) is 0 Å². The van der Waals surface area contributed by atoms with E-state index >= 15 is 0 Å². The molecule has 0 aliphatic carbocycles. The van der Waals surface area contributed by atoms with Gasteiger partial charge in [0.2, 0.25) is 16.8 Å². The second-order valence-corrected chi connectivity index (χ2v) is 10.1. The Bertz CT molecular complexity index is 802. The molecule has 2 unspecified atom stereocenters. The smallest absolute Gasteiger partial charge is 0.392 e. The van der Waals surface area contributed by atoms with E-state index in [9.17, 15) is 25.0 Å². The van der Waals surface area contributed by atoms with E-state index in [4.69, 9.17) is 0 Å². The molecule has 14 heteroatoms. The van der Waals surface area contributed by atoms with E-state index in [1.165, 1.54) is 42.2 Å². The normalized spacial score (nSPS) is 27.3. The first-order chi connectivity index (χ1) is 13.2. The predicted molar refractivity (Wildman–Crippen MR) is 105 cm³/mol. The molecule has 2 aliphatic heterocycles. The Morgan fingerprint density at radius 2 is 2.25 bits per heavy atom. The molecule has 28 heavy (non-hydrogen) atoms. The van der Waals surface area contributed by atoms with Crippen molar-refractivity contribution in [3.63, 3.8) is 0 Å². The molecule has 2 aliphatic rings. The number of hydroxylamine groups is 3. The molecule has 1 saturated heterocycles. The van der Waals surface area contributed by atoms with Crippen LogP contribution in [0.3, 0.4) is 0 Å². The summed E-state index contributed by atoms with van der Waals surface area (Å²) in [6, 6.07) is 0. The van der Waals surface area contributed by atoms with Gasteiger partial charge in [-0.25, -0.2) is 9.48 Å². The summed E-state index contributed by atoms with van der Waals surface area (Å²) < 4.78 is 1.13. The molecule has 0 bridgehead atoms. The molecule has 11 nitrogen and oxygen atoms in total. The molecule has 0 radical (unpaired) electrons. The number of aliphatic hydroxyl groups excluding tert-OH is 1. The number of hydrogen-bond acceptors (Lipinski definition) is 10. The molecule has 4 atom stereocenters. The molecular formula is C14H20N6O5S3. The number of nitrogens with zero attached hydrogens (tertiary/aromatic N) is 5. The van der Waals surface area contributed by atoms with Crippen LogP contribution in [-0.2, 0) is 16.1 Å². The van der Waals surface area contributed by atoms with Crippen LogP contribution in [-0.4, -0.2) is 76.6 Å². The molecule has 3 rings (SSSR count). The molecule has 0 aromatic carbocycles. The number of aromatic nitrogens is 4. The Morgan fingerprint density at radius 1 is 1.50 bits per heavy atom. The zero-order chi connectivity index (χ0) is 20.5. The van der Waals surface area contributed by atoms with Crippen LogP contribution in [0, 0.1) is 11.1 Å². The number of tetrazole rings is 1. The number of nitrogens with one attached hydrogen (secondary N) is 1. The van der Waals surface area contributed by atoms with Gasteiger partial charge in [-0.3, -0.25) is 4.79 Å². The molecule has 1 amide bonds. The van der Waals surface area contributed by atoms with E-state index in [0.29, 0.717) is 27.6 Å². The van der Waals surface area contributed by atoms with E-state index in [-0.39, 0.29) is 24.1 Å². The molecule has 154 valence electrons. The number of aliphatic carboxylic acids is 1. The number of amides is 1. The second-order valence-electron chi connectivity index (χ2n) is 6.41. The highest BCUT2D eigenvalue weighted by atomic mass is 32.2. The highest BCUT2D eigenvalue weighted by Gasteiger charge is 2.61. The SMILES string of the molecule is CC(=O)NCCn1nnnc1SCSC1=C(C(=O)O)[N+]2([O-])C[C@@H](C(C)O)[C@H]2S1. The van der Waals surface area contributed by atoms with Gasteiger partial charge in [-0.1, -0.05) is 11.8 Å². The Morgan fingerprint density at radius 3 is 2.89 bits per heavy atom. The Hall–Kier alpha value is -1.32. The molecule has 3 heterocycles. The molecule has 1 aromatic heterocycles. The largest absolute Gasteiger partial charge is 0.626 e. The maximum atomic E-state index is 12.9. The third-order valence-corrected chi connectivity index (χ3v) is 8.39. The number of hydrogen-bond donors (Lipinski definition) is 3. The average molecular weight is 449 g/mol. The Balaban J connectivity index is 1.60. The van der Waals surface area contributed by atoms with E-state index < -0.39 is 22.1 Å². The lowest BCUT2D eigenvalue weighted by atomic mass is 9.93. The van der Waals surface area contributed by atoms with Crippen molar-refractivity contribution >= 4 is 47.2 Å². The first-order valence-corrected chi connectivity index (χ1v) is 11.3. The lowest BCUT2D eigenvalue weighted by molar-refractivity contribution is -0.902. The number of thioether (sulfide) groups is 3. The van der Waals surface area contributed by atoms with E-state index in [1.807, 2.05) is 0 Å². The summed E-state index contributed by atoms with van der Waals surface area (Å²) in [6.45, 7) is 3.93. The van der Waals surface area contributed by atoms with Crippen molar-refractivity contribution in [3.8, 4) is 0 Å². The van der Waals surface area contributed by atoms with Crippen LogP contribution in [0.4, 0.5) is 0 Å². The maximum Gasteiger partial charge on any atom is 0.392 e. The summed E-state index contributed by atoms with van der Waals surface area (Å²) in [5, 5.41) is 46.7. The molecule has 3 N–H and O–H groups in total. The summed E-state index contributed by atoms with van der Waals surface area (Å²) in [5.74, 6) is -1.58. The minimum Gasteiger partial charge on any atom is -0.626 e. The van der Waals surface area contributed by atoms with Crippen LogP contribution in [0.1, 0.15) is 13.8 Å². The van der Waals surface area contributed by atoms with Crippen LogP contribution in [0.25, 0.3) is 0 Å². The summed E-state index contributed by atoms with van der Waals surface area (Å²) in [5.41, 5.74) is -0.150. The first-order valence-electron chi connectivity index (χ1n) is 8.42. The Labute approximate surface area is 173 Å². The standard InChI is InChI=1S/C14H20N6O5S3/c1-7(21)9-5-20(25)10(12(23)24)13(28-11(9)20)26-6-27-14-16-17-18-19(14)4-3-15-8(2)22/h7,9,11,21H,3-6H2,1-2H3,(H,15,22)(H,23,24)/t7?,9-,11+,20?/m0/s1. The van der Waals surface area contributed by atoms with Crippen LogP contribution in [0.2, 0.25) is 0 Å². The molecule has 1 fully saturated rings. The van der Waals surface area contributed by atoms with Gasteiger partial charge < -0.3 is 25.4 Å². The van der Waals surface area contributed by atoms with Gasteiger partial charge in [-0.05, 0) is 29.1 Å². The van der Waals surface area contributed by atoms with Gasteiger partial charge in [-0.15, -0.1) is 16.9 Å². The van der Waals surface area contributed by atoms with Crippen molar-refractivity contribution in [2.45, 2.75) is 37.0 Å². The summed E-state index contributed by atoms with van der Waals surface area (Å²) in [6.07, 6.45) is -0.653. The average Bonchev–Trinajstić information content (AvgIpc) is 3.11. The number of fused-ring (bicyclic) bond motifs is 1. The molecule has 0 spiro atoms. The molecular weight excluding hydrogens is 428 g/mol. The van der Waals surface area contributed by atoms with Crippen LogP contribution >= 0.6 is 35.3 Å². The van der Waals surface area contributed by atoms with Crippen LogP contribution < -0.4 is 5.32 Å². The number of carboxylic acids is 1. The molecule has 1 aromatic rings. The fourth-order valence-electron chi connectivity index (χ4n) is 3.05. The quantitative estimate of drug-likeness (QED) is 0.206. The lowest BCUT2D eigenvalue weighted by Crippen LogP contribution is -2.66. The van der Waals surface area contributed by atoms with Gasteiger partial charge in [0.1, 0.15) is 4.24 Å². The monoisotopic (exact) mass is 448 g/mol. The zero-order valence-corrected chi connectivity index (χ0v) is 17.6. The van der Waals surface area contributed by atoms with Crippen LogP contribution in [0.15, 0.2) is 15.1 Å². The number of carbonyl (C=O) groups excluding carboxylic acids is 1. The van der Waals surface area contributed by atoms with Gasteiger partial charge >= 0.3 is 5.97 Å². The number of quaternary nitrogens is 1. The van der Waals surface area contributed by atoms with Gasteiger partial charge in [0, 0.05) is 13.5 Å². The van der Waals surface area contributed by atoms with E-state index in [0.717, 1.165) is 0 Å². The zero-order valence-electron chi connectivity index (χ0n) is 15.1. The summed E-state index contributed by atoms with van der Waals surface area (Å²) >= 11 is 3.82. The van der Waals surface area contributed by atoms with Gasteiger partial charge in [-0.2, -0.15) is 0 Å². The maximum absolute atomic E-state index is 12.9. The third-order valence-electron chi connectivity index (χ3n) is 4.46. The second kappa shape index (κ2) is 8.59. The molecule has 0 saturated carbocycles. The fourth-order valence-corrected chi connectivity index (χ4v) is 7.30. The summed E-state index contributed by atoms with van der Waals surface area (Å²) in [4.78, 5) is 22.6. The highest BCUT2D eigenvalue weighted by Crippen LogP contribution is 2.58. The van der Waals surface area contributed by atoms with Crippen molar-refractivity contribution in [1.29, 1.82) is 0 Å². The van der Waals surface area contributed by atoms with Crippen molar-refractivity contribution < 1.29 is 24.4 Å². The Kier molecular flexibility index (Phi) is 6.56. The highest BCUT2D eigenvalue weighted by molar-refractivity contribution is 8.27. The summed E-state index contributed by atoms with van der Waals surface area (Å²) in [7, 11) is 0. The van der Waals surface area contributed by atoms with Gasteiger partial charge in [0.05, 0.1) is 30.2 Å². The predicted octanol–water partition coefficient (Wildman–Crippen LogP) is 0.244. The lowest BCUT2D eigenvalue weighted by Gasteiger charge is -2.56. The van der Waals surface area contributed by atoms with Crippen molar-refractivity contribution in [2.75, 3.05) is 18.2 Å². The topological polar surface area (TPSA) is 153 Å². The van der Waals surface area contributed by atoms with Crippen molar-refractivity contribution in [2.24, 2.45) is 5.92 Å². The third kappa shape index (κ3) is 4.16. The van der Waals surface area contributed by atoms with E-state index in [2.05, 4.69) is 20.8 Å². The van der Waals surface area contributed by atoms with E-state index in [1.54, 1.807) is 11.6 Å². The van der Waals surface area contributed by atoms with Crippen molar-refractivity contribution in [3.05, 3.63) is 15.1 Å². The minimum atomic E-state index is -1.22. The first kappa shape index (κ1) is 21.4. The number of carbonyl (C=O) groups is 2.